The molecular formula is C21H21N3O4. The lowest BCUT2D eigenvalue weighted by atomic mass is 9.94. The molecule has 0 spiro atoms. The number of fused-ring (bicyclic) bond motifs is 1. The topological polar surface area (TPSA) is 92.5 Å². The van der Waals surface area contributed by atoms with E-state index in [4.69, 9.17) is 0 Å². The van der Waals surface area contributed by atoms with Crippen molar-refractivity contribution >= 4 is 23.2 Å². The molecule has 1 N–H and O–H groups in total. The van der Waals surface area contributed by atoms with Gasteiger partial charge in [0.2, 0.25) is 11.8 Å². The number of rotatable bonds is 3. The van der Waals surface area contributed by atoms with Crippen LogP contribution < -0.4 is 5.32 Å². The maximum atomic E-state index is 13.3. The van der Waals surface area contributed by atoms with E-state index in [1.54, 1.807) is 11.0 Å². The first-order valence-electron chi connectivity index (χ1n) is 9.48. The molecule has 1 unspecified atom stereocenters. The van der Waals surface area contributed by atoms with Crippen LogP contribution in [0.2, 0.25) is 0 Å². The van der Waals surface area contributed by atoms with Gasteiger partial charge in [-0.15, -0.1) is 0 Å². The lowest BCUT2D eigenvalue weighted by Crippen LogP contribution is -2.41. The molecule has 0 aromatic heterocycles. The van der Waals surface area contributed by atoms with Crippen molar-refractivity contribution in [1.29, 1.82) is 0 Å². The van der Waals surface area contributed by atoms with E-state index in [0.29, 0.717) is 11.3 Å². The second-order valence-electron chi connectivity index (χ2n) is 7.34. The Kier molecular flexibility index (Phi) is 4.81. The van der Waals surface area contributed by atoms with Gasteiger partial charge in [0.25, 0.3) is 5.69 Å². The fraction of sp³-hybridized carbons (Fsp3) is 0.333. The highest BCUT2D eigenvalue weighted by Gasteiger charge is 2.37. The molecule has 0 saturated heterocycles. The van der Waals surface area contributed by atoms with Crippen LogP contribution in [-0.4, -0.2) is 28.2 Å². The number of carbonyl (C=O) groups excluding carboxylic acids is 2. The molecular weight excluding hydrogens is 358 g/mol. The van der Waals surface area contributed by atoms with Gasteiger partial charge in [0.15, 0.2) is 0 Å². The van der Waals surface area contributed by atoms with Crippen molar-refractivity contribution in [3.8, 4) is 0 Å². The summed E-state index contributed by atoms with van der Waals surface area (Å²) in [5, 5.41) is 14.2. The standard InChI is InChI=1S/C21H21N3O4/c25-19-13-23(21(26)15-8-4-5-9-15)20(14-6-2-1-3-7-14)17-12-16(24(27)28)10-11-18(17)22-19/h1-3,6-7,10-12,15,20H,4-5,8-9,13H2,(H,22,25). The van der Waals surface area contributed by atoms with E-state index in [2.05, 4.69) is 5.32 Å². The molecule has 2 aromatic rings. The SMILES string of the molecule is O=C1CN(C(=O)C2CCCC2)C(c2ccccc2)c2cc([N+](=O)[O-])ccc2N1. The second kappa shape index (κ2) is 7.42. The van der Waals surface area contributed by atoms with Crippen molar-refractivity contribution in [2.75, 3.05) is 11.9 Å². The molecule has 2 aliphatic rings. The third-order valence-corrected chi connectivity index (χ3v) is 5.54. The Morgan fingerprint density at radius 3 is 2.50 bits per heavy atom. The van der Waals surface area contributed by atoms with Gasteiger partial charge in [-0.2, -0.15) is 0 Å². The summed E-state index contributed by atoms with van der Waals surface area (Å²) in [6.45, 7) is -0.0721. The van der Waals surface area contributed by atoms with Gasteiger partial charge < -0.3 is 10.2 Å². The predicted octanol–water partition coefficient (Wildman–Crippen LogP) is 3.66. The van der Waals surface area contributed by atoms with Crippen LogP contribution in [0.5, 0.6) is 0 Å². The number of nitrogens with one attached hydrogen (secondary N) is 1. The third kappa shape index (κ3) is 3.35. The largest absolute Gasteiger partial charge is 0.324 e. The summed E-state index contributed by atoms with van der Waals surface area (Å²) in [5.74, 6) is -0.444. The number of nitrogens with zero attached hydrogens (tertiary/aromatic N) is 2. The van der Waals surface area contributed by atoms with Gasteiger partial charge in [0.05, 0.1) is 11.0 Å². The Labute approximate surface area is 162 Å². The maximum absolute atomic E-state index is 13.3. The lowest BCUT2D eigenvalue weighted by molar-refractivity contribution is -0.384. The fourth-order valence-electron chi connectivity index (χ4n) is 4.21. The van der Waals surface area contributed by atoms with Crippen molar-refractivity contribution in [2.45, 2.75) is 31.7 Å². The van der Waals surface area contributed by atoms with Crippen LogP contribution in [0.1, 0.15) is 42.9 Å². The number of amides is 2. The molecule has 1 atom stereocenters. The van der Waals surface area contributed by atoms with E-state index in [-0.39, 0.29) is 30.0 Å². The maximum Gasteiger partial charge on any atom is 0.269 e. The Morgan fingerprint density at radius 1 is 1.11 bits per heavy atom. The average Bonchev–Trinajstić information content (AvgIpc) is 3.18. The fourth-order valence-corrected chi connectivity index (χ4v) is 4.21. The van der Waals surface area contributed by atoms with Crippen LogP contribution in [0, 0.1) is 16.0 Å². The Bertz CT molecular complexity index is 923. The smallest absolute Gasteiger partial charge is 0.269 e. The van der Waals surface area contributed by atoms with Crippen LogP contribution in [0.25, 0.3) is 0 Å². The molecule has 0 radical (unpaired) electrons. The van der Waals surface area contributed by atoms with Crippen LogP contribution in [0.15, 0.2) is 48.5 Å². The molecule has 2 amide bonds. The molecule has 1 aliphatic carbocycles. The van der Waals surface area contributed by atoms with Gasteiger partial charge in [-0.1, -0.05) is 43.2 Å². The number of anilines is 1. The zero-order valence-electron chi connectivity index (χ0n) is 15.3. The van der Waals surface area contributed by atoms with Gasteiger partial charge in [-0.3, -0.25) is 19.7 Å². The molecule has 4 rings (SSSR count). The number of carbonyl (C=O) groups is 2. The van der Waals surface area contributed by atoms with Gasteiger partial charge in [0.1, 0.15) is 6.54 Å². The number of nitro benzene ring substituents is 1. The molecule has 1 heterocycles. The van der Waals surface area contributed by atoms with E-state index >= 15 is 0 Å². The quantitative estimate of drug-likeness (QED) is 0.651. The average molecular weight is 379 g/mol. The van der Waals surface area contributed by atoms with E-state index in [0.717, 1.165) is 31.2 Å². The molecule has 28 heavy (non-hydrogen) atoms. The minimum absolute atomic E-state index is 0.0548. The van der Waals surface area contributed by atoms with Crippen molar-refractivity contribution in [3.05, 3.63) is 69.8 Å². The van der Waals surface area contributed by atoms with Crippen LogP contribution in [-0.2, 0) is 9.59 Å². The van der Waals surface area contributed by atoms with Crippen molar-refractivity contribution in [1.82, 2.24) is 4.90 Å². The van der Waals surface area contributed by atoms with Crippen molar-refractivity contribution in [3.63, 3.8) is 0 Å². The van der Waals surface area contributed by atoms with Gasteiger partial charge >= 0.3 is 0 Å². The van der Waals surface area contributed by atoms with Crippen LogP contribution in [0.4, 0.5) is 11.4 Å². The first kappa shape index (κ1) is 18.2. The molecule has 7 heteroatoms. The van der Waals surface area contributed by atoms with E-state index in [9.17, 15) is 19.7 Å². The summed E-state index contributed by atoms with van der Waals surface area (Å²) in [6, 6.07) is 13.2. The Morgan fingerprint density at radius 2 is 1.82 bits per heavy atom. The number of nitro groups is 1. The number of hydrogen-bond donors (Lipinski definition) is 1. The summed E-state index contributed by atoms with van der Waals surface area (Å²) >= 11 is 0. The first-order valence-corrected chi connectivity index (χ1v) is 9.48. The molecule has 2 aromatic carbocycles. The van der Waals surface area contributed by atoms with Crippen LogP contribution in [0.3, 0.4) is 0 Å². The highest BCUT2D eigenvalue weighted by atomic mass is 16.6. The number of benzene rings is 2. The molecule has 7 nitrogen and oxygen atoms in total. The summed E-state index contributed by atoms with van der Waals surface area (Å²) in [7, 11) is 0. The minimum atomic E-state index is -0.553. The Hall–Kier alpha value is -3.22. The van der Waals surface area contributed by atoms with Crippen molar-refractivity contribution in [2.24, 2.45) is 5.92 Å². The predicted molar refractivity (Wildman–Crippen MR) is 104 cm³/mol. The van der Waals surface area contributed by atoms with E-state index in [1.807, 2.05) is 30.3 Å². The summed E-state index contributed by atoms with van der Waals surface area (Å²) in [5.41, 5.74) is 1.83. The number of non-ortho nitro benzene ring substituents is 1. The zero-order valence-corrected chi connectivity index (χ0v) is 15.3. The molecule has 1 saturated carbocycles. The monoisotopic (exact) mass is 379 g/mol. The summed E-state index contributed by atoms with van der Waals surface area (Å²) in [6.07, 6.45) is 3.66. The number of hydrogen-bond acceptors (Lipinski definition) is 4. The van der Waals surface area contributed by atoms with E-state index < -0.39 is 11.0 Å². The summed E-state index contributed by atoms with van der Waals surface area (Å²) < 4.78 is 0. The zero-order chi connectivity index (χ0) is 19.7. The minimum Gasteiger partial charge on any atom is -0.324 e. The lowest BCUT2D eigenvalue weighted by Gasteiger charge is -2.32. The molecule has 1 fully saturated rings. The highest BCUT2D eigenvalue weighted by Crippen LogP contribution is 2.39. The molecule has 0 bridgehead atoms. The second-order valence-corrected chi connectivity index (χ2v) is 7.34. The van der Waals surface area contributed by atoms with Gasteiger partial charge in [-0.05, 0) is 24.5 Å². The normalized spacial score (nSPS) is 19.6. The highest BCUT2D eigenvalue weighted by molar-refractivity contribution is 5.97. The Balaban J connectivity index is 1.87. The van der Waals surface area contributed by atoms with E-state index in [1.165, 1.54) is 12.1 Å². The summed E-state index contributed by atoms with van der Waals surface area (Å²) in [4.78, 5) is 38.3. The van der Waals surface area contributed by atoms with Crippen molar-refractivity contribution < 1.29 is 14.5 Å². The first-order chi connectivity index (χ1) is 13.5. The molecule has 144 valence electrons. The third-order valence-electron chi connectivity index (χ3n) is 5.54. The van der Waals surface area contributed by atoms with Crippen LogP contribution >= 0.6 is 0 Å². The van der Waals surface area contributed by atoms with Gasteiger partial charge in [0, 0.05) is 29.3 Å². The molecule has 1 aliphatic heterocycles. The van der Waals surface area contributed by atoms with Gasteiger partial charge in [-0.25, -0.2) is 0 Å².